The van der Waals surface area contributed by atoms with Crippen LogP contribution in [-0.4, -0.2) is 23.0 Å². The normalized spacial score (nSPS) is 16.0. The van der Waals surface area contributed by atoms with Crippen LogP contribution in [0.1, 0.15) is 36.5 Å². The summed E-state index contributed by atoms with van der Waals surface area (Å²) in [5.74, 6) is -0.0830. The molecule has 0 aromatic heterocycles. The van der Waals surface area contributed by atoms with E-state index in [0.29, 0.717) is 10.8 Å². The number of carbonyl (C=O) groups excluding carboxylic acids is 1. The Morgan fingerprint density at radius 2 is 1.85 bits per heavy atom. The molecule has 2 aromatic rings. The largest absolute Gasteiger partial charge is 0.317 e. The van der Waals surface area contributed by atoms with Crippen molar-refractivity contribution in [1.82, 2.24) is 4.90 Å². The Balaban J connectivity index is 1.88. The predicted octanol–water partition coefficient (Wildman–Crippen LogP) is 4.94. The second-order valence-electron chi connectivity index (χ2n) is 6.70. The van der Waals surface area contributed by atoms with Crippen molar-refractivity contribution in [3.8, 4) is 0 Å². The van der Waals surface area contributed by atoms with Gasteiger partial charge in [-0.1, -0.05) is 55.3 Å². The highest BCUT2D eigenvalue weighted by Gasteiger charge is 2.36. The molecule has 0 radical (unpaired) electrons. The van der Waals surface area contributed by atoms with E-state index in [1.54, 1.807) is 9.80 Å². The smallest absolute Gasteiger partial charge is 0.281 e. The molecule has 3 rings (SSSR count). The molecular weight excluding hydrogens is 340 g/mol. The molecule has 1 amide bonds. The van der Waals surface area contributed by atoms with E-state index in [9.17, 15) is 4.79 Å². The van der Waals surface area contributed by atoms with E-state index >= 15 is 0 Å². The van der Waals surface area contributed by atoms with Crippen molar-refractivity contribution < 1.29 is 4.79 Å². The number of rotatable bonds is 5. The van der Waals surface area contributed by atoms with Crippen LogP contribution in [0.15, 0.2) is 54.2 Å². The van der Waals surface area contributed by atoms with Crippen LogP contribution in [0.3, 0.4) is 0 Å². The molecule has 1 aliphatic heterocycles. The predicted molar refractivity (Wildman–Crippen MR) is 112 cm³/mol. The number of carbonyl (C=O) groups is 1. The van der Waals surface area contributed by atoms with E-state index in [1.165, 1.54) is 18.4 Å². The second-order valence-corrected chi connectivity index (χ2v) is 7.06. The van der Waals surface area contributed by atoms with E-state index in [-0.39, 0.29) is 5.91 Å². The van der Waals surface area contributed by atoms with Gasteiger partial charge in [-0.2, -0.15) is 0 Å². The van der Waals surface area contributed by atoms with Crippen molar-refractivity contribution in [2.24, 2.45) is 0 Å². The molecule has 0 atom stereocenters. The van der Waals surface area contributed by atoms with E-state index in [1.807, 2.05) is 50.4 Å². The van der Waals surface area contributed by atoms with Crippen LogP contribution in [-0.2, 0) is 11.2 Å². The van der Waals surface area contributed by atoms with Gasteiger partial charge in [0.15, 0.2) is 5.11 Å². The fourth-order valence-corrected chi connectivity index (χ4v) is 3.38. The Morgan fingerprint density at radius 1 is 1.12 bits per heavy atom. The van der Waals surface area contributed by atoms with E-state index in [4.69, 9.17) is 12.2 Å². The van der Waals surface area contributed by atoms with Crippen molar-refractivity contribution >= 4 is 35.0 Å². The van der Waals surface area contributed by atoms with Gasteiger partial charge in [0.2, 0.25) is 0 Å². The Bertz CT molecular complexity index is 855. The molecule has 0 aliphatic carbocycles. The summed E-state index contributed by atoms with van der Waals surface area (Å²) in [6.45, 7) is 4.23. The number of anilines is 1. The van der Waals surface area contributed by atoms with E-state index in [2.05, 4.69) is 25.1 Å². The SMILES string of the molecule is CCCCc1ccc(N2C(=O)C(=Cc3cccc(C)c3)N(C)C2=S)cc1. The zero-order valence-electron chi connectivity index (χ0n) is 15.5. The van der Waals surface area contributed by atoms with Crippen LogP contribution < -0.4 is 4.90 Å². The quantitative estimate of drug-likeness (QED) is 0.554. The van der Waals surface area contributed by atoms with Gasteiger partial charge in [0.25, 0.3) is 5.91 Å². The summed E-state index contributed by atoms with van der Waals surface area (Å²) < 4.78 is 0. The second kappa shape index (κ2) is 7.83. The first-order valence-electron chi connectivity index (χ1n) is 9.00. The van der Waals surface area contributed by atoms with Crippen molar-refractivity contribution in [3.63, 3.8) is 0 Å². The summed E-state index contributed by atoms with van der Waals surface area (Å²) in [4.78, 5) is 16.4. The number of likely N-dealkylation sites (N-methyl/N-ethyl adjacent to an activating group) is 1. The zero-order chi connectivity index (χ0) is 18.7. The van der Waals surface area contributed by atoms with Crippen LogP contribution in [0.4, 0.5) is 5.69 Å². The van der Waals surface area contributed by atoms with Crippen LogP contribution in [0.5, 0.6) is 0 Å². The van der Waals surface area contributed by atoms with Gasteiger partial charge >= 0.3 is 0 Å². The average Bonchev–Trinajstić information content (AvgIpc) is 2.84. The number of nitrogens with zero attached hydrogens (tertiary/aromatic N) is 2. The monoisotopic (exact) mass is 364 g/mol. The lowest BCUT2D eigenvalue weighted by atomic mass is 10.1. The van der Waals surface area contributed by atoms with E-state index in [0.717, 1.165) is 23.2 Å². The topological polar surface area (TPSA) is 23.6 Å². The average molecular weight is 365 g/mol. The van der Waals surface area contributed by atoms with Gasteiger partial charge in [0.05, 0.1) is 5.69 Å². The number of unbranched alkanes of at least 4 members (excludes halogenated alkanes) is 1. The lowest BCUT2D eigenvalue weighted by molar-refractivity contribution is -0.114. The molecule has 0 bridgehead atoms. The number of thiocarbonyl (C=S) groups is 1. The number of hydrogen-bond donors (Lipinski definition) is 0. The number of hydrogen-bond acceptors (Lipinski definition) is 2. The first-order chi connectivity index (χ1) is 12.5. The molecule has 134 valence electrons. The molecular formula is C22H24N2OS. The zero-order valence-corrected chi connectivity index (χ0v) is 16.3. The maximum atomic E-state index is 13.0. The summed E-state index contributed by atoms with van der Waals surface area (Å²) >= 11 is 5.53. The van der Waals surface area contributed by atoms with Gasteiger partial charge in [-0.25, -0.2) is 0 Å². The van der Waals surface area contributed by atoms with Crippen LogP contribution in [0.2, 0.25) is 0 Å². The minimum atomic E-state index is -0.0830. The highest BCUT2D eigenvalue weighted by atomic mass is 32.1. The summed E-state index contributed by atoms with van der Waals surface area (Å²) in [6.07, 6.45) is 5.31. The maximum absolute atomic E-state index is 13.0. The van der Waals surface area contributed by atoms with Crippen molar-refractivity contribution in [1.29, 1.82) is 0 Å². The minimum Gasteiger partial charge on any atom is -0.317 e. The van der Waals surface area contributed by atoms with Crippen molar-refractivity contribution in [3.05, 3.63) is 70.9 Å². The first-order valence-corrected chi connectivity index (χ1v) is 9.41. The Hall–Kier alpha value is -2.46. The molecule has 0 spiro atoms. The van der Waals surface area contributed by atoms with Gasteiger partial charge in [0, 0.05) is 7.05 Å². The Kier molecular flexibility index (Phi) is 5.52. The van der Waals surface area contributed by atoms with Gasteiger partial charge in [-0.15, -0.1) is 0 Å². The van der Waals surface area contributed by atoms with Gasteiger partial charge < -0.3 is 4.90 Å². The molecule has 2 aromatic carbocycles. The standard InChI is InChI=1S/C22H24N2OS/c1-4-5-8-17-10-12-19(13-11-17)24-21(25)20(23(3)22(24)26)15-18-9-6-7-16(2)14-18/h6-7,9-15H,4-5,8H2,1-3H3. The third kappa shape index (κ3) is 3.70. The molecule has 0 unspecified atom stereocenters. The Labute approximate surface area is 160 Å². The fourth-order valence-electron chi connectivity index (χ4n) is 3.09. The lowest BCUT2D eigenvalue weighted by Crippen LogP contribution is -2.31. The minimum absolute atomic E-state index is 0.0830. The summed E-state index contributed by atoms with van der Waals surface area (Å²) in [5.41, 5.74) is 4.86. The fraction of sp³-hybridized carbons (Fsp3) is 0.273. The lowest BCUT2D eigenvalue weighted by Gasteiger charge is -2.16. The molecule has 4 heteroatoms. The van der Waals surface area contributed by atoms with Crippen molar-refractivity contribution in [2.75, 3.05) is 11.9 Å². The number of benzene rings is 2. The third-order valence-electron chi connectivity index (χ3n) is 4.62. The molecule has 1 saturated heterocycles. The molecule has 1 heterocycles. The molecule has 1 aliphatic rings. The summed E-state index contributed by atoms with van der Waals surface area (Å²) in [6, 6.07) is 16.2. The highest BCUT2D eigenvalue weighted by molar-refractivity contribution is 7.80. The molecule has 26 heavy (non-hydrogen) atoms. The maximum Gasteiger partial charge on any atom is 0.281 e. The molecule has 1 fully saturated rings. The van der Waals surface area contributed by atoms with Gasteiger partial charge in [0.1, 0.15) is 5.70 Å². The Morgan fingerprint density at radius 3 is 2.50 bits per heavy atom. The van der Waals surface area contributed by atoms with E-state index < -0.39 is 0 Å². The van der Waals surface area contributed by atoms with Gasteiger partial charge in [-0.3, -0.25) is 9.69 Å². The molecule has 3 nitrogen and oxygen atoms in total. The van der Waals surface area contributed by atoms with Gasteiger partial charge in [-0.05, 0) is 61.3 Å². The molecule has 0 N–H and O–H groups in total. The highest BCUT2D eigenvalue weighted by Crippen LogP contribution is 2.28. The molecule has 0 saturated carbocycles. The van der Waals surface area contributed by atoms with Crippen molar-refractivity contribution in [2.45, 2.75) is 33.1 Å². The number of aryl methyl sites for hydroxylation is 2. The van der Waals surface area contributed by atoms with Crippen LogP contribution in [0, 0.1) is 6.92 Å². The van der Waals surface area contributed by atoms with Crippen LogP contribution >= 0.6 is 12.2 Å². The third-order valence-corrected chi connectivity index (χ3v) is 5.08. The summed E-state index contributed by atoms with van der Waals surface area (Å²) in [5, 5.41) is 0.509. The first kappa shape index (κ1) is 18.3. The van der Waals surface area contributed by atoms with Crippen LogP contribution in [0.25, 0.3) is 6.08 Å². The number of amides is 1. The summed E-state index contributed by atoms with van der Waals surface area (Å²) in [7, 11) is 1.84.